The highest BCUT2D eigenvalue weighted by atomic mass is 19.1. The molecule has 1 aromatic rings. The van der Waals surface area contributed by atoms with Crippen LogP contribution in [0.15, 0.2) is 12.1 Å². The van der Waals surface area contributed by atoms with Gasteiger partial charge in [0, 0.05) is 17.7 Å². The fraction of sp³-hybridized carbons (Fsp3) is 0.538. The van der Waals surface area contributed by atoms with Crippen LogP contribution in [-0.2, 0) is 0 Å². The van der Waals surface area contributed by atoms with Gasteiger partial charge in [-0.05, 0) is 19.0 Å². The van der Waals surface area contributed by atoms with Crippen molar-refractivity contribution in [3.63, 3.8) is 0 Å². The van der Waals surface area contributed by atoms with Gasteiger partial charge in [-0.25, -0.2) is 4.39 Å². The number of nitrogens with one attached hydrogen (secondary N) is 1. The maximum atomic E-state index is 13.9. The fourth-order valence-corrected chi connectivity index (χ4v) is 1.86. The summed E-state index contributed by atoms with van der Waals surface area (Å²) in [5, 5.41) is 3.24. The molecule has 0 bridgehead atoms. The predicted octanol–water partition coefficient (Wildman–Crippen LogP) is 2.90. The highest BCUT2D eigenvalue weighted by Crippen LogP contribution is 2.33. The lowest BCUT2D eigenvalue weighted by Gasteiger charge is -2.19. The minimum absolute atomic E-state index is 0.000180. The van der Waals surface area contributed by atoms with Crippen LogP contribution in [0.5, 0.6) is 11.5 Å². The summed E-state index contributed by atoms with van der Waals surface area (Å²) in [5.41, 5.74) is 0.618. The number of ether oxygens (including phenoxy) is 2. The highest BCUT2D eigenvalue weighted by Gasteiger charge is 2.17. The van der Waals surface area contributed by atoms with E-state index in [0.717, 1.165) is 13.0 Å². The van der Waals surface area contributed by atoms with Crippen LogP contribution < -0.4 is 14.8 Å². The first-order chi connectivity index (χ1) is 8.17. The monoisotopic (exact) mass is 241 g/mol. The Labute approximate surface area is 102 Å². The molecule has 0 aromatic heterocycles. The summed E-state index contributed by atoms with van der Waals surface area (Å²) in [6.45, 7) is 4.82. The molecule has 4 heteroatoms. The average molecular weight is 241 g/mol. The number of hydrogen-bond acceptors (Lipinski definition) is 3. The molecule has 0 saturated carbocycles. The van der Waals surface area contributed by atoms with Crippen LogP contribution in [0.2, 0.25) is 0 Å². The molecule has 1 atom stereocenters. The van der Waals surface area contributed by atoms with Gasteiger partial charge >= 0.3 is 0 Å². The van der Waals surface area contributed by atoms with Gasteiger partial charge < -0.3 is 14.8 Å². The van der Waals surface area contributed by atoms with E-state index < -0.39 is 0 Å². The lowest BCUT2D eigenvalue weighted by atomic mass is 10.0. The lowest BCUT2D eigenvalue weighted by molar-refractivity contribution is 0.350. The van der Waals surface area contributed by atoms with Crippen LogP contribution in [0.25, 0.3) is 0 Å². The first-order valence-electron chi connectivity index (χ1n) is 5.82. The third-order valence-electron chi connectivity index (χ3n) is 2.74. The van der Waals surface area contributed by atoms with Crippen molar-refractivity contribution >= 4 is 0 Å². The van der Waals surface area contributed by atoms with E-state index in [1.54, 1.807) is 13.2 Å². The van der Waals surface area contributed by atoms with Crippen molar-refractivity contribution in [2.45, 2.75) is 26.3 Å². The largest absolute Gasteiger partial charge is 0.493 e. The Morgan fingerprint density at radius 1 is 1.18 bits per heavy atom. The van der Waals surface area contributed by atoms with E-state index in [9.17, 15) is 4.39 Å². The Balaban J connectivity index is 3.14. The molecule has 0 fully saturated rings. The van der Waals surface area contributed by atoms with Gasteiger partial charge in [-0.3, -0.25) is 0 Å². The van der Waals surface area contributed by atoms with Crippen LogP contribution in [0, 0.1) is 5.82 Å². The molecule has 0 heterocycles. The molecule has 0 amide bonds. The molecule has 1 unspecified atom stereocenters. The molecule has 1 N–H and O–H groups in total. The topological polar surface area (TPSA) is 30.5 Å². The van der Waals surface area contributed by atoms with Crippen molar-refractivity contribution in [1.82, 2.24) is 5.32 Å². The Bertz CT molecular complexity index is 369. The van der Waals surface area contributed by atoms with Crippen LogP contribution in [-0.4, -0.2) is 20.8 Å². The second kappa shape index (κ2) is 6.45. The minimum atomic E-state index is -0.268. The van der Waals surface area contributed by atoms with Gasteiger partial charge in [-0.1, -0.05) is 13.8 Å². The third-order valence-corrected chi connectivity index (χ3v) is 2.74. The van der Waals surface area contributed by atoms with E-state index in [1.807, 2.05) is 13.8 Å². The molecule has 17 heavy (non-hydrogen) atoms. The molecule has 0 saturated heterocycles. The molecule has 0 aliphatic heterocycles. The molecule has 0 aliphatic carbocycles. The Morgan fingerprint density at radius 3 is 2.24 bits per heavy atom. The molecule has 1 rings (SSSR count). The summed E-state index contributed by atoms with van der Waals surface area (Å²) in [7, 11) is 3.05. The second-order valence-corrected chi connectivity index (χ2v) is 3.75. The summed E-state index contributed by atoms with van der Waals surface area (Å²) >= 11 is 0. The van der Waals surface area contributed by atoms with Crippen molar-refractivity contribution < 1.29 is 13.9 Å². The molecular weight excluding hydrogens is 221 g/mol. The van der Waals surface area contributed by atoms with Crippen LogP contribution in [0.4, 0.5) is 4.39 Å². The quantitative estimate of drug-likeness (QED) is 0.830. The molecule has 0 radical (unpaired) electrons. The molecule has 1 aromatic carbocycles. The molecule has 0 aliphatic rings. The van der Waals surface area contributed by atoms with Gasteiger partial charge in [-0.15, -0.1) is 0 Å². The third kappa shape index (κ3) is 3.09. The smallest absolute Gasteiger partial charge is 0.163 e. The molecule has 96 valence electrons. The molecule has 0 spiro atoms. The number of benzene rings is 1. The summed E-state index contributed by atoms with van der Waals surface area (Å²) in [6, 6.07) is 3.07. The lowest BCUT2D eigenvalue weighted by Crippen LogP contribution is -2.21. The standard InChI is InChI=1S/C13H20FNO2/c1-5-11(15-6-2)9-7-12(16-3)13(17-4)8-10(9)14/h7-8,11,15H,5-6H2,1-4H3. The zero-order valence-corrected chi connectivity index (χ0v) is 10.8. The van der Waals surface area contributed by atoms with E-state index in [-0.39, 0.29) is 11.9 Å². The van der Waals surface area contributed by atoms with E-state index in [4.69, 9.17) is 9.47 Å². The number of halogens is 1. The predicted molar refractivity (Wildman–Crippen MR) is 66.2 cm³/mol. The van der Waals surface area contributed by atoms with Crippen LogP contribution >= 0.6 is 0 Å². The first kappa shape index (κ1) is 13.8. The Morgan fingerprint density at radius 2 is 1.76 bits per heavy atom. The molecule has 3 nitrogen and oxygen atoms in total. The average Bonchev–Trinajstić information content (AvgIpc) is 2.36. The van der Waals surface area contributed by atoms with Gasteiger partial charge in [0.1, 0.15) is 5.82 Å². The van der Waals surface area contributed by atoms with Crippen molar-refractivity contribution in [2.24, 2.45) is 0 Å². The van der Waals surface area contributed by atoms with Gasteiger partial charge in [0.15, 0.2) is 11.5 Å². The van der Waals surface area contributed by atoms with Crippen LogP contribution in [0.3, 0.4) is 0 Å². The summed E-state index contributed by atoms with van der Waals surface area (Å²) in [6.07, 6.45) is 0.820. The normalized spacial score (nSPS) is 12.3. The van der Waals surface area contributed by atoms with Gasteiger partial charge in [0.25, 0.3) is 0 Å². The number of rotatable bonds is 6. The summed E-state index contributed by atoms with van der Waals surface area (Å²) < 4.78 is 24.2. The minimum Gasteiger partial charge on any atom is -0.493 e. The molecular formula is C13H20FNO2. The maximum absolute atomic E-state index is 13.9. The van der Waals surface area contributed by atoms with Crippen molar-refractivity contribution in [2.75, 3.05) is 20.8 Å². The summed E-state index contributed by atoms with van der Waals surface area (Å²) in [4.78, 5) is 0. The maximum Gasteiger partial charge on any atom is 0.163 e. The zero-order chi connectivity index (χ0) is 12.8. The highest BCUT2D eigenvalue weighted by molar-refractivity contribution is 5.44. The first-order valence-corrected chi connectivity index (χ1v) is 5.82. The summed E-state index contributed by atoms with van der Waals surface area (Å²) in [5.74, 6) is 0.704. The Hall–Kier alpha value is -1.29. The fourth-order valence-electron chi connectivity index (χ4n) is 1.86. The van der Waals surface area contributed by atoms with Crippen molar-refractivity contribution in [3.8, 4) is 11.5 Å². The zero-order valence-electron chi connectivity index (χ0n) is 10.8. The van der Waals surface area contributed by atoms with Gasteiger partial charge in [0.05, 0.1) is 14.2 Å². The van der Waals surface area contributed by atoms with Gasteiger partial charge in [-0.2, -0.15) is 0 Å². The van der Waals surface area contributed by atoms with E-state index in [1.165, 1.54) is 13.2 Å². The number of methoxy groups -OCH3 is 2. The number of hydrogen-bond donors (Lipinski definition) is 1. The van der Waals surface area contributed by atoms with E-state index >= 15 is 0 Å². The Kier molecular flexibility index (Phi) is 5.22. The second-order valence-electron chi connectivity index (χ2n) is 3.75. The van der Waals surface area contributed by atoms with Gasteiger partial charge in [0.2, 0.25) is 0 Å². The van der Waals surface area contributed by atoms with E-state index in [2.05, 4.69) is 5.32 Å². The van der Waals surface area contributed by atoms with Crippen molar-refractivity contribution in [3.05, 3.63) is 23.5 Å². The van der Waals surface area contributed by atoms with Crippen LogP contribution in [0.1, 0.15) is 31.9 Å². The van der Waals surface area contributed by atoms with Crippen molar-refractivity contribution in [1.29, 1.82) is 0 Å². The SMILES string of the molecule is CCNC(CC)c1cc(OC)c(OC)cc1F. The van der Waals surface area contributed by atoms with E-state index in [0.29, 0.717) is 17.1 Å².